The largest absolute Gasteiger partial charge is 0.466 e. The summed E-state index contributed by atoms with van der Waals surface area (Å²) in [6.45, 7) is 1.98. The van der Waals surface area contributed by atoms with Crippen LogP contribution < -0.4 is 5.56 Å². The average Bonchev–Trinajstić information content (AvgIpc) is 3.01. The molecule has 0 bridgehead atoms. The van der Waals surface area contributed by atoms with Crippen molar-refractivity contribution in [2.24, 2.45) is 0 Å². The van der Waals surface area contributed by atoms with Crippen molar-refractivity contribution in [3.63, 3.8) is 0 Å². The number of para-hydroxylation sites is 1. The molecule has 136 valence electrons. The number of esters is 1. The topological polar surface area (TPSA) is 74.3 Å². The fraction of sp³-hybridized carbons (Fsp3) is 0.150. The van der Waals surface area contributed by atoms with Crippen molar-refractivity contribution in [3.05, 3.63) is 69.7 Å². The standard InChI is InChI=1S/C20H15ClN2O4/c1-2-26-17(24)11-16-18-19(14-5-3-4-6-15(14)27-16)22-23(20(18)25)13-9-7-12(21)8-10-13/h3-10H,2,11H2,1H3. The molecule has 0 amide bonds. The molecule has 2 aliphatic heterocycles. The lowest BCUT2D eigenvalue weighted by molar-refractivity contribution is -0.142. The monoisotopic (exact) mass is 382 g/mol. The molecule has 0 N–H and O–H groups in total. The van der Waals surface area contributed by atoms with Crippen LogP contribution in [0, 0.1) is 0 Å². The van der Waals surface area contributed by atoms with Crippen molar-refractivity contribution in [3.8, 4) is 16.9 Å². The summed E-state index contributed by atoms with van der Waals surface area (Å²) in [6.07, 6.45) is -0.142. The highest BCUT2D eigenvalue weighted by molar-refractivity contribution is 6.30. The first-order valence-electron chi connectivity index (χ1n) is 8.43. The first-order valence-corrected chi connectivity index (χ1v) is 8.81. The Morgan fingerprint density at radius 2 is 1.93 bits per heavy atom. The Bertz CT molecular complexity index is 1160. The molecular formula is C20H15ClN2O4. The lowest BCUT2D eigenvalue weighted by atomic mass is 10.1. The van der Waals surface area contributed by atoms with E-state index in [4.69, 9.17) is 20.8 Å². The molecule has 27 heavy (non-hydrogen) atoms. The maximum absolute atomic E-state index is 13.1. The number of rotatable bonds is 4. The van der Waals surface area contributed by atoms with Crippen LogP contribution in [0.5, 0.6) is 0 Å². The Balaban J connectivity index is 1.98. The molecule has 2 aliphatic rings. The van der Waals surface area contributed by atoms with Crippen molar-refractivity contribution in [2.45, 2.75) is 13.3 Å². The Morgan fingerprint density at radius 3 is 2.67 bits per heavy atom. The summed E-state index contributed by atoms with van der Waals surface area (Å²) in [5.74, 6) is -0.219. The molecule has 0 aliphatic carbocycles. The van der Waals surface area contributed by atoms with Crippen molar-refractivity contribution < 1.29 is 13.9 Å². The molecule has 2 aromatic carbocycles. The SMILES string of the molecule is CCOC(=O)Cc1oc2ccccc2c2nn(-c3ccc(Cl)cc3)c(=O)c1-2. The first kappa shape index (κ1) is 17.3. The van der Waals surface area contributed by atoms with Gasteiger partial charge in [0.2, 0.25) is 0 Å². The van der Waals surface area contributed by atoms with Crippen LogP contribution in [0.1, 0.15) is 12.7 Å². The minimum atomic E-state index is -0.462. The maximum atomic E-state index is 13.1. The van der Waals surface area contributed by atoms with Crippen LogP contribution in [-0.2, 0) is 16.0 Å². The van der Waals surface area contributed by atoms with E-state index in [1.807, 2.05) is 18.2 Å². The van der Waals surface area contributed by atoms with Gasteiger partial charge in [0.1, 0.15) is 29.0 Å². The molecule has 4 rings (SSSR count). The van der Waals surface area contributed by atoms with Crippen LogP contribution in [0.3, 0.4) is 0 Å². The summed E-state index contributed by atoms with van der Waals surface area (Å²) in [4.78, 5) is 25.1. The van der Waals surface area contributed by atoms with E-state index in [0.717, 1.165) is 0 Å². The van der Waals surface area contributed by atoms with Gasteiger partial charge in [0, 0.05) is 10.4 Å². The summed E-state index contributed by atoms with van der Waals surface area (Å²) in [6, 6.07) is 14.0. The predicted octanol–water partition coefficient (Wildman–Crippen LogP) is 3.84. The Morgan fingerprint density at radius 1 is 1.19 bits per heavy atom. The molecule has 0 saturated carbocycles. The van der Waals surface area contributed by atoms with E-state index < -0.39 is 5.97 Å². The van der Waals surface area contributed by atoms with Gasteiger partial charge in [-0.2, -0.15) is 9.78 Å². The van der Waals surface area contributed by atoms with Gasteiger partial charge in [-0.1, -0.05) is 23.7 Å². The third-order valence-corrected chi connectivity index (χ3v) is 4.43. The third kappa shape index (κ3) is 3.08. The molecule has 6 nitrogen and oxygen atoms in total. The van der Waals surface area contributed by atoms with Gasteiger partial charge in [0.15, 0.2) is 0 Å². The highest BCUT2D eigenvalue weighted by atomic mass is 35.5. The summed E-state index contributed by atoms with van der Waals surface area (Å²) in [7, 11) is 0. The van der Waals surface area contributed by atoms with E-state index in [2.05, 4.69) is 5.10 Å². The normalized spacial score (nSPS) is 11.2. The fourth-order valence-electron chi connectivity index (χ4n) is 3.00. The number of nitrogens with zero attached hydrogens (tertiary/aromatic N) is 2. The van der Waals surface area contributed by atoms with Gasteiger partial charge in [-0.3, -0.25) is 9.59 Å². The Kier molecular flexibility index (Phi) is 4.41. The molecule has 0 spiro atoms. The number of ether oxygens (including phenoxy) is 1. The van der Waals surface area contributed by atoms with Gasteiger partial charge in [-0.05, 0) is 43.3 Å². The van der Waals surface area contributed by atoms with Crippen LogP contribution in [-0.4, -0.2) is 22.4 Å². The average molecular weight is 383 g/mol. The number of carbonyl (C=O) groups is 1. The summed E-state index contributed by atoms with van der Waals surface area (Å²) >= 11 is 5.93. The van der Waals surface area contributed by atoms with Gasteiger partial charge in [-0.25, -0.2) is 0 Å². The summed E-state index contributed by atoms with van der Waals surface area (Å²) in [5.41, 5.74) is 1.52. The molecule has 0 atom stereocenters. The lowest BCUT2D eigenvalue weighted by Gasteiger charge is -2.08. The van der Waals surface area contributed by atoms with E-state index in [0.29, 0.717) is 27.4 Å². The highest BCUT2D eigenvalue weighted by Gasteiger charge is 2.26. The van der Waals surface area contributed by atoms with Crippen molar-refractivity contribution in [1.82, 2.24) is 9.78 Å². The molecule has 0 fully saturated rings. The molecule has 2 aromatic rings. The molecule has 0 radical (unpaired) electrons. The third-order valence-electron chi connectivity index (χ3n) is 4.18. The number of benzene rings is 2. The summed E-state index contributed by atoms with van der Waals surface area (Å²) in [5, 5.41) is 5.76. The van der Waals surface area contributed by atoms with E-state index in [1.165, 1.54) is 4.68 Å². The Labute approximate surface area is 159 Å². The van der Waals surface area contributed by atoms with Crippen LogP contribution in [0.25, 0.3) is 27.9 Å². The van der Waals surface area contributed by atoms with E-state index in [1.54, 1.807) is 37.3 Å². The fourth-order valence-corrected chi connectivity index (χ4v) is 3.13. The predicted molar refractivity (Wildman–Crippen MR) is 102 cm³/mol. The number of fused-ring (bicyclic) bond motifs is 3. The van der Waals surface area contributed by atoms with E-state index >= 15 is 0 Å². The van der Waals surface area contributed by atoms with Gasteiger partial charge < -0.3 is 9.15 Å². The number of carbonyl (C=O) groups excluding carboxylic acids is 1. The minimum absolute atomic E-state index is 0.142. The quantitative estimate of drug-likeness (QED) is 0.501. The van der Waals surface area contributed by atoms with Crippen LogP contribution in [0.4, 0.5) is 0 Å². The number of aromatic nitrogens is 2. The van der Waals surface area contributed by atoms with Gasteiger partial charge in [0.25, 0.3) is 5.56 Å². The molecule has 2 heterocycles. The number of hydrogen-bond donors (Lipinski definition) is 0. The second-order valence-electron chi connectivity index (χ2n) is 5.92. The maximum Gasteiger partial charge on any atom is 0.313 e. The van der Waals surface area contributed by atoms with Gasteiger partial charge in [0.05, 0.1) is 12.3 Å². The molecule has 0 unspecified atom stereocenters. The van der Waals surface area contributed by atoms with Crippen LogP contribution in [0.15, 0.2) is 57.7 Å². The number of hydrogen-bond acceptors (Lipinski definition) is 5. The van der Waals surface area contributed by atoms with Crippen molar-refractivity contribution >= 4 is 28.5 Å². The second-order valence-corrected chi connectivity index (χ2v) is 6.36. The van der Waals surface area contributed by atoms with Crippen LogP contribution in [0.2, 0.25) is 5.02 Å². The zero-order chi connectivity index (χ0) is 19.0. The van der Waals surface area contributed by atoms with E-state index in [-0.39, 0.29) is 29.9 Å². The first-order chi connectivity index (χ1) is 13.1. The van der Waals surface area contributed by atoms with Gasteiger partial charge >= 0.3 is 5.97 Å². The minimum Gasteiger partial charge on any atom is -0.466 e. The van der Waals surface area contributed by atoms with E-state index in [9.17, 15) is 9.59 Å². The zero-order valence-corrected chi connectivity index (χ0v) is 15.2. The number of halogens is 1. The molecule has 7 heteroatoms. The Hall–Kier alpha value is -3.12. The highest BCUT2D eigenvalue weighted by Crippen LogP contribution is 2.32. The molecule has 0 saturated heterocycles. The lowest BCUT2D eigenvalue weighted by Crippen LogP contribution is -2.17. The van der Waals surface area contributed by atoms with Crippen LogP contribution >= 0.6 is 11.6 Å². The zero-order valence-electron chi connectivity index (χ0n) is 14.4. The van der Waals surface area contributed by atoms with Gasteiger partial charge in [-0.15, -0.1) is 0 Å². The van der Waals surface area contributed by atoms with Crippen molar-refractivity contribution in [2.75, 3.05) is 6.61 Å². The molecule has 0 aromatic heterocycles. The van der Waals surface area contributed by atoms with Crippen molar-refractivity contribution in [1.29, 1.82) is 0 Å². The summed E-state index contributed by atoms with van der Waals surface area (Å²) < 4.78 is 12.2. The second kappa shape index (κ2) is 6.89. The smallest absolute Gasteiger partial charge is 0.313 e. The molecular weight excluding hydrogens is 368 g/mol.